The van der Waals surface area contributed by atoms with Crippen LogP contribution in [0, 0.1) is 0 Å². The number of para-hydroxylation sites is 2. The van der Waals surface area contributed by atoms with E-state index in [1.165, 1.54) is 12.1 Å². The summed E-state index contributed by atoms with van der Waals surface area (Å²) >= 11 is 0. The minimum atomic E-state index is -0.900. The van der Waals surface area contributed by atoms with E-state index < -0.39 is 12.1 Å². The first-order chi connectivity index (χ1) is 9.63. The van der Waals surface area contributed by atoms with E-state index in [1.54, 1.807) is 36.4 Å². The van der Waals surface area contributed by atoms with Gasteiger partial charge in [-0.15, -0.1) is 0 Å². The number of hydrogen-bond acceptors (Lipinski definition) is 4. The fraction of sp³-hybridized carbons (Fsp3) is 0.0625. The molecule has 0 amide bonds. The van der Waals surface area contributed by atoms with Crippen molar-refractivity contribution in [3.8, 4) is 11.5 Å². The van der Waals surface area contributed by atoms with Gasteiger partial charge in [0.15, 0.2) is 6.10 Å². The van der Waals surface area contributed by atoms with Crippen LogP contribution < -0.4 is 0 Å². The van der Waals surface area contributed by atoms with Crippen LogP contribution in [0.4, 0.5) is 0 Å². The molecule has 2 N–H and O–H groups in total. The van der Waals surface area contributed by atoms with E-state index in [0.29, 0.717) is 11.1 Å². The quantitative estimate of drug-likeness (QED) is 0.662. The Kier molecular flexibility index (Phi) is 4.05. The van der Waals surface area contributed by atoms with Crippen molar-refractivity contribution in [2.45, 2.75) is 6.10 Å². The maximum atomic E-state index is 11.5. The topological polar surface area (TPSA) is 66.8 Å². The molecule has 0 aliphatic heterocycles. The van der Waals surface area contributed by atoms with E-state index in [0.717, 1.165) is 6.08 Å². The predicted octanol–water partition coefficient (Wildman–Crippen LogP) is 2.92. The maximum Gasteiger partial charge on any atom is 0.331 e. The number of aromatic hydroxyl groups is 2. The second-order valence-corrected chi connectivity index (χ2v) is 4.14. The number of benzene rings is 2. The van der Waals surface area contributed by atoms with Gasteiger partial charge in [0, 0.05) is 17.2 Å². The summed E-state index contributed by atoms with van der Waals surface area (Å²) in [5.74, 6) is -0.670. The Bertz CT molecular complexity index is 588. The molecule has 0 heterocycles. The smallest absolute Gasteiger partial charge is 0.331 e. The maximum absolute atomic E-state index is 11.5. The zero-order valence-corrected chi connectivity index (χ0v) is 10.7. The third kappa shape index (κ3) is 2.80. The highest BCUT2D eigenvalue weighted by Crippen LogP contribution is 2.36. The molecule has 0 radical (unpaired) electrons. The van der Waals surface area contributed by atoms with E-state index in [9.17, 15) is 15.0 Å². The molecule has 0 saturated heterocycles. The molecule has 0 bridgehead atoms. The summed E-state index contributed by atoms with van der Waals surface area (Å²) in [5, 5.41) is 19.8. The van der Waals surface area contributed by atoms with Crippen LogP contribution in [-0.2, 0) is 9.53 Å². The highest BCUT2D eigenvalue weighted by atomic mass is 16.5. The Hall–Kier alpha value is -2.75. The summed E-state index contributed by atoms with van der Waals surface area (Å²) in [4.78, 5) is 11.5. The van der Waals surface area contributed by atoms with Crippen LogP contribution in [-0.4, -0.2) is 16.2 Å². The zero-order valence-electron chi connectivity index (χ0n) is 10.7. The molecule has 0 aliphatic carbocycles. The normalized spacial score (nSPS) is 10.2. The van der Waals surface area contributed by atoms with Crippen LogP contribution in [0.5, 0.6) is 11.5 Å². The number of phenols is 2. The predicted molar refractivity (Wildman–Crippen MR) is 74.3 cm³/mol. The summed E-state index contributed by atoms with van der Waals surface area (Å²) in [5.41, 5.74) is 0.786. The van der Waals surface area contributed by atoms with E-state index >= 15 is 0 Å². The Labute approximate surface area is 116 Å². The van der Waals surface area contributed by atoms with Gasteiger partial charge in [-0.2, -0.15) is 0 Å². The van der Waals surface area contributed by atoms with Gasteiger partial charge in [0.25, 0.3) is 0 Å². The number of phenolic OH excluding ortho intramolecular Hbond substituents is 2. The minimum absolute atomic E-state index is 0.0161. The second-order valence-electron chi connectivity index (χ2n) is 4.14. The zero-order chi connectivity index (χ0) is 14.5. The lowest BCUT2D eigenvalue weighted by atomic mass is 9.99. The van der Waals surface area contributed by atoms with Crippen molar-refractivity contribution in [2.75, 3.05) is 0 Å². The molecule has 102 valence electrons. The molecule has 4 heteroatoms. The molecular weight excluding hydrogens is 256 g/mol. The van der Waals surface area contributed by atoms with Gasteiger partial charge in [0.05, 0.1) is 0 Å². The number of esters is 1. The number of hydrogen-bond donors (Lipinski definition) is 2. The van der Waals surface area contributed by atoms with E-state index in [1.807, 2.05) is 0 Å². The number of carbonyl (C=O) groups excluding carboxylic acids is 1. The van der Waals surface area contributed by atoms with Gasteiger partial charge in [0.2, 0.25) is 0 Å². The summed E-state index contributed by atoms with van der Waals surface area (Å²) < 4.78 is 5.26. The van der Waals surface area contributed by atoms with Crippen molar-refractivity contribution in [3.05, 3.63) is 72.3 Å². The van der Waals surface area contributed by atoms with Crippen LogP contribution in [0.15, 0.2) is 61.2 Å². The van der Waals surface area contributed by atoms with Gasteiger partial charge in [0.1, 0.15) is 11.5 Å². The summed E-state index contributed by atoms with van der Waals surface area (Å²) in [6.07, 6.45) is 0.135. The third-order valence-corrected chi connectivity index (χ3v) is 2.84. The second kappa shape index (κ2) is 5.93. The van der Waals surface area contributed by atoms with Crippen molar-refractivity contribution < 1.29 is 19.7 Å². The van der Waals surface area contributed by atoms with Gasteiger partial charge in [-0.05, 0) is 12.1 Å². The minimum Gasteiger partial charge on any atom is -0.508 e. The van der Waals surface area contributed by atoms with Crippen molar-refractivity contribution in [2.24, 2.45) is 0 Å². The van der Waals surface area contributed by atoms with Crippen molar-refractivity contribution >= 4 is 5.97 Å². The fourth-order valence-electron chi connectivity index (χ4n) is 1.88. The van der Waals surface area contributed by atoms with Crippen LogP contribution in [0.2, 0.25) is 0 Å². The van der Waals surface area contributed by atoms with Crippen molar-refractivity contribution in [1.29, 1.82) is 0 Å². The Morgan fingerprint density at radius 2 is 1.45 bits per heavy atom. The molecular formula is C16H14O4. The summed E-state index contributed by atoms with van der Waals surface area (Å²) in [7, 11) is 0. The standard InChI is InChI=1S/C16H14O4/c1-2-15(19)20-16(11-7-3-5-9-13(11)17)12-8-4-6-10-14(12)18/h2-10,16-18H,1H2. The number of rotatable bonds is 4. The molecule has 0 unspecified atom stereocenters. The summed E-state index contributed by atoms with van der Waals surface area (Å²) in [6, 6.07) is 13.0. The molecule has 2 aromatic rings. The first kappa shape index (κ1) is 13.7. The molecule has 0 aliphatic rings. The van der Waals surface area contributed by atoms with Crippen molar-refractivity contribution in [3.63, 3.8) is 0 Å². The van der Waals surface area contributed by atoms with E-state index in [2.05, 4.69) is 6.58 Å². The van der Waals surface area contributed by atoms with Gasteiger partial charge >= 0.3 is 5.97 Å². The average molecular weight is 270 g/mol. The summed E-state index contributed by atoms with van der Waals surface area (Å²) in [6.45, 7) is 3.35. The van der Waals surface area contributed by atoms with Gasteiger partial charge in [-0.1, -0.05) is 43.0 Å². The van der Waals surface area contributed by atoms with Crippen LogP contribution in [0.3, 0.4) is 0 Å². The first-order valence-corrected chi connectivity index (χ1v) is 6.02. The fourth-order valence-corrected chi connectivity index (χ4v) is 1.88. The Morgan fingerprint density at radius 3 is 1.85 bits per heavy atom. The highest BCUT2D eigenvalue weighted by molar-refractivity contribution is 5.81. The Balaban J connectivity index is 2.51. The molecule has 0 aromatic heterocycles. The highest BCUT2D eigenvalue weighted by Gasteiger charge is 2.23. The number of ether oxygens (including phenoxy) is 1. The Morgan fingerprint density at radius 1 is 1.00 bits per heavy atom. The molecule has 0 atom stereocenters. The lowest BCUT2D eigenvalue weighted by Crippen LogP contribution is -2.11. The van der Waals surface area contributed by atoms with E-state index in [-0.39, 0.29) is 11.5 Å². The molecule has 2 rings (SSSR count). The monoisotopic (exact) mass is 270 g/mol. The molecule has 4 nitrogen and oxygen atoms in total. The molecule has 0 spiro atoms. The molecule has 0 saturated carbocycles. The lowest BCUT2D eigenvalue weighted by Gasteiger charge is -2.19. The van der Waals surface area contributed by atoms with Crippen LogP contribution in [0.25, 0.3) is 0 Å². The molecule has 2 aromatic carbocycles. The molecule has 20 heavy (non-hydrogen) atoms. The first-order valence-electron chi connectivity index (χ1n) is 6.02. The third-order valence-electron chi connectivity index (χ3n) is 2.84. The van der Waals surface area contributed by atoms with Gasteiger partial charge in [-0.3, -0.25) is 0 Å². The molecule has 0 fully saturated rings. The van der Waals surface area contributed by atoms with Gasteiger partial charge in [-0.25, -0.2) is 4.79 Å². The van der Waals surface area contributed by atoms with Crippen LogP contribution >= 0.6 is 0 Å². The van der Waals surface area contributed by atoms with Crippen molar-refractivity contribution in [1.82, 2.24) is 0 Å². The average Bonchev–Trinajstić information content (AvgIpc) is 2.46. The number of carbonyl (C=O) groups is 1. The van der Waals surface area contributed by atoms with E-state index in [4.69, 9.17) is 4.74 Å². The van der Waals surface area contributed by atoms with Crippen LogP contribution in [0.1, 0.15) is 17.2 Å². The largest absolute Gasteiger partial charge is 0.508 e. The SMILES string of the molecule is C=CC(=O)OC(c1ccccc1O)c1ccccc1O. The van der Waals surface area contributed by atoms with Gasteiger partial charge < -0.3 is 14.9 Å². The lowest BCUT2D eigenvalue weighted by molar-refractivity contribution is -0.141.